The summed E-state index contributed by atoms with van der Waals surface area (Å²) < 4.78 is 34.6. The number of hydrogen-bond donors (Lipinski definition) is 2. The van der Waals surface area contributed by atoms with Gasteiger partial charge < -0.3 is 9.73 Å². The van der Waals surface area contributed by atoms with Crippen molar-refractivity contribution in [1.82, 2.24) is 14.5 Å². The van der Waals surface area contributed by atoms with Crippen molar-refractivity contribution in [3.8, 4) is 17.1 Å². The molecule has 162 valence electrons. The maximum Gasteiger partial charge on any atom is 0.274 e. The lowest BCUT2D eigenvalue weighted by molar-refractivity contribution is 0.101. The molecule has 0 aliphatic heterocycles. The van der Waals surface area contributed by atoms with E-state index in [-0.39, 0.29) is 16.6 Å². The average Bonchev–Trinajstić information content (AvgIpc) is 3.27. The largest absolute Gasteiger partial charge is 0.463 e. The molecule has 8 nitrogen and oxygen atoms in total. The predicted octanol–water partition coefficient (Wildman–Crippen LogP) is 3.83. The predicted molar refractivity (Wildman–Crippen MR) is 119 cm³/mol. The Morgan fingerprint density at radius 3 is 2.53 bits per heavy atom. The van der Waals surface area contributed by atoms with Crippen LogP contribution in [0.1, 0.15) is 23.3 Å². The summed E-state index contributed by atoms with van der Waals surface area (Å²) in [5.41, 5.74) is 1.87. The Balaban J connectivity index is 1.46. The SMILES string of the molecule is O=C(Nc1cccc(S(=O)(=O)NC2CC2)c1)c1cc(-c2ccco2)nn1-c1ccccc1. The van der Waals surface area contributed by atoms with Crippen LogP contribution in [0.3, 0.4) is 0 Å². The third-order valence-corrected chi connectivity index (χ3v) is 6.54. The molecule has 1 fully saturated rings. The number of amides is 1. The molecular weight excluding hydrogens is 428 g/mol. The standard InChI is InChI=1S/C23H20N4O4S/c28-23(24-17-6-4-9-19(14-17)32(29,30)26-16-11-12-16)21-15-20(22-10-5-13-31-22)25-27(21)18-7-2-1-3-8-18/h1-10,13-16,26H,11-12H2,(H,24,28). The van der Waals surface area contributed by atoms with Crippen molar-refractivity contribution in [1.29, 1.82) is 0 Å². The fourth-order valence-corrected chi connectivity index (χ4v) is 4.63. The van der Waals surface area contributed by atoms with Gasteiger partial charge in [-0.15, -0.1) is 0 Å². The number of furan rings is 1. The zero-order valence-corrected chi connectivity index (χ0v) is 17.7. The van der Waals surface area contributed by atoms with Gasteiger partial charge in [0.2, 0.25) is 10.0 Å². The molecule has 0 unspecified atom stereocenters. The fourth-order valence-electron chi connectivity index (χ4n) is 3.28. The van der Waals surface area contributed by atoms with Crippen molar-refractivity contribution in [2.45, 2.75) is 23.8 Å². The molecule has 4 aromatic rings. The first-order chi connectivity index (χ1) is 15.5. The van der Waals surface area contributed by atoms with Gasteiger partial charge in [-0.2, -0.15) is 5.10 Å². The minimum atomic E-state index is -3.63. The number of aromatic nitrogens is 2. The summed E-state index contributed by atoms with van der Waals surface area (Å²) in [7, 11) is -3.63. The number of anilines is 1. The molecule has 5 rings (SSSR count). The van der Waals surface area contributed by atoms with Crippen molar-refractivity contribution in [2.24, 2.45) is 0 Å². The number of benzene rings is 2. The molecule has 0 saturated heterocycles. The molecule has 9 heteroatoms. The van der Waals surface area contributed by atoms with Crippen LogP contribution in [0.15, 0.2) is 88.4 Å². The zero-order valence-electron chi connectivity index (χ0n) is 16.9. The third kappa shape index (κ3) is 4.20. The number of nitrogens with one attached hydrogen (secondary N) is 2. The van der Waals surface area contributed by atoms with Crippen LogP contribution in [0.2, 0.25) is 0 Å². The van der Waals surface area contributed by atoms with Crippen LogP contribution in [0.4, 0.5) is 5.69 Å². The van der Waals surface area contributed by atoms with E-state index in [0.717, 1.165) is 12.8 Å². The molecule has 2 aromatic carbocycles. The van der Waals surface area contributed by atoms with Crippen molar-refractivity contribution in [2.75, 3.05) is 5.32 Å². The molecule has 32 heavy (non-hydrogen) atoms. The first-order valence-electron chi connectivity index (χ1n) is 10.1. The zero-order chi connectivity index (χ0) is 22.1. The average molecular weight is 449 g/mol. The van der Waals surface area contributed by atoms with Crippen molar-refractivity contribution < 1.29 is 17.6 Å². The van der Waals surface area contributed by atoms with Gasteiger partial charge in [0.05, 0.1) is 16.8 Å². The van der Waals surface area contributed by atoms with Gasteiger partial charge in [-0.25, -0.2) is 17.8 Å². The minimum Gasteiger partial charge on any atom is -0.463 e. The van der Waals surface area contributed by atoms with E-state index in [0.29, 0.717) is 22.8 Å². The van der Waals surface area contributed by atoms with Gasteiger partial charge in [0.1, 0.15) is 11.4 Å². The summed E-state index contributed by atoms with van der Waals surface area (Å²) in [5, 5.41) is 7.32. The number of rotatable bonds is 7. The second kappa shape index (κ2) is 8.10. The van der Waals surface area contributed by atoms with Crippen molar-refractivity contribution >= 4 is 21.6 Å². The van der Waals surface area contributed by atoms with Crippen LogP contribution in [0, 0.1) is 0 Å². The van der Waals surface area contributed by atoms with E-state index in [1.807, 2.05) is 30.3 Å². The fraction of sp³-hybridized carbons (Fsp3) is 0.130. The Labute approximate surface area is 184 Å². The molecule has 1 amide bonds. The molecule has 1 saturated carbocycles. The van der Waals surface area contributed by atoms with Gasteiger partial charge in [0.15, 0.2) is 5.76 Å². The summed E-state index contributed by atoms with van der Waals surface area (Å²) in [6, 6.07) is 20.6. The maximum atomic E-state index is 13.2. The van der Waals surface area contributed by atoms with Gasteiger partial charge in [-0.05, 0) is 55.3 Å². The molecule has 1 aliphatic carbocycles. The van der Waals surface area contributed by atoms with Crippen LogP contribution in [-0.4, -0.2) is 30.1 Å². The topological polar surface area (TPSA) is 106 Å². The van der Waals surface area contributed by atoms with E-state index >= 15 is 0 Å². The molecule has 0 radical (unpaired) electrons. The summed E-state index contributed by atoms with van der Waals surface area (Å²) in [4.78, 5) is 13.3. The third-order valence-electron chi connectivity index (χ3n) is 5.02. The maximum absolute atomic E-state index is 13.2. The van der Waals surface area contributed by atoms with Gasteiger partial charge >= 0.3 is 0 Å². The normalized spacial score (nSPS) is 13.8. The quantitative estimate of drug-likeness (QED) is 0.447. The van der Waals surface area contributed by atoms with Crippen LogP contribution in [0.25, 0.3) is 17.1 Å². The van der Waals surface area contributed by atoms with Crippen LogP contribution in [-0.2, 0) is 10.0 Å². The van der Waals surface area contributed by atoms with E-state index in [1.54, 1.807) is 30.3 Å². The van der Waals surface area contributed by atoms with E-state index in [1.165, 1.54) is 23.1 Å². The van der Waals surface area contributed by atoms with Crippen LogP contribution >= 0.6 is 0 Å². The van der Waals surface area contributed by atoms with E-state index < -0.39 is 15.9 Å². The Morgan fingerprint density at radius 1 is 1.00 bits per heavy atom. The first kappa shape index (κ1) is 20.2. The number of carbonyl (C=O) groups excluding carboxylic acids is 1. The molecule has 2 heterocycles. The lowest BCUT2D eigenvalue weighted by Crippen LogP contribution is -2.25. The number of para-hydroxylation sites is 1. The van der Waals surface area contributed by atoms with Crippen LogP contribution in [0.5, 0.6) is 0 Å². The summed E-state index contributed by atoms with van der Waals surface area (Å²) in [6.45, 7) is 0. The Hall–Kier alpha value is -3.69. The second-order valence-electron chi connectivity index (χ2n) is 7.52. The number of nitrogens with zero attached hydrogens (tertiary/aromatic N) is 2. The Morgan fingerprint density at radius 2 is 1.81 bits per heavy atom. The van der Waals surface area contributed by atoms with E-state index in [9.17, 15) is 13.2 Å². The highest BCUT2D eigenvalue weighted by Gasteiger charge is 2.28. The molecule has 0 spiro atoms. The molecule has 2 N–H and O–H groups in total. The molecular formula is C23H20N4O4S. The number of carbonyl (C=O) groups is 1. The molecule has 1 aliphatic rings. The molecule has 2 aromatic heterocycles. The van der Waals surface area contributed by atoms with Gasteiger partial charge in [-0.3, -0.25) is 4.79 Å². The van der Waals surface area contributed by atoms with Gasteiger partial charge in [0.25, 0.3) is 5.91 Å². The highest BCUT2D eigenvalue weighted by Crippen LogP contribution is 2.25. The minimum absolute atomic E-state index is 0.00140. The summed E-state index contributed by atoms with van der Waals surface area (Å²) in [5.74, 6) is 0.108. The number of hydrogen-bond acceptors (Lipinski definition) is 5. The molecule has 0 atom stereocenters. The lowest BCUT2D eigenvalue weighted by Gasteiger charge is -2.10. The Bertz CT molecular complexity index is 1360. The van der Waals surface area contributed by atoms with E-state index in [4.69, 9.17) is 4.42 Å². The number of sulfonamides is 1. The van der Waals surface area contributed by atoms with Crippen molar-refractivity contribution in [3.05, 3.63) is 84.8 Å². The smallest absolute Gasteiger partial charge is 0.274 e. The summed E-state index contributed by atoms with van der Waals surface area (Å²) >= 11 is 0. The van der Waals surface area contributed by atoms with Gasteiger partial charge in [-0.1, -0.05) is 24.3 Å². The Kier molecular flexibility index (Phi) is 5.12. The van der Waals surface area contributed by atoms with Crippen LogP contribution < -0.4 is 10.0 Å². The summed E-state index contributed by atoms with van der Waals surface area (Å²) in [6.07, 6.45) is 3.23. The lowest BCUT2D eigenvalue weighted by atomic mass is 10.2. The highest BCUT2D eigenvalue weighted by atomic mass is 32.2. The van der Waals surface area contributed by atoms with E-state index in [2.05, 4.69) is 15.1 Å². The highest BCUT2D eigenvalue weighted by molar-refractivity contribution is 7.89. The first-order valence-corrected chi connectivity index (χ1v) is 11.6. The van der Waals surface area contributed by atoms with Gasteiger partial charge in [0, 0.05) is 17.8 Å². The second-order valence-corrected chi connectivity index (χ2v) is 9.23. The van der Waals surface area contributed by atoms with Crippen molar-refractivity contribution in [3.63, 3.8) is 0 Å². The molecule has 0 bridgehead atoms. The monoisotopic (exact) mass is 448 g/mol.